The summed E-state index contributed by atoms with van der Waals surface area (Å²) >= 11 is 1.77. The molecular weight excluding hydrogens is 316 g/mol. The van der Waals surface area contributed by atoms with Crippen molar-refractivity contribution in [1.29, 1.82) is 0 Å². The van der Waals surface area contributed by atoms with Crippen LogP contribution in [0.2, 0.25) is 0 Å². The van der Waals surface area contributed by atoms with E-state index in [-0.39, 0.29) is 5.91 Å². The highest BCUT2D eigenvalue weighted by Gasteiger charge is 2.20. The molecule has 0 saturated carbocycles. The molecule has 0 aliphatic carbocycles. The molecule has 0 atom stereocenters. The van der Waals surface area contributed by atoms with Crippen LogP contribution in [0.15, 0.2) is 35.0 Å². The Kier molecular flexibility index (Phi) is 5.69. The number of hydrogen-bond acceptors (Lipinski definition) is 3. The van der Waals surface area contributed by atoms with Crippen LogP contribution in [-0.2, 0) is 6.54 Å². The zero-order valence-electron chi connectivity index (χ0n) is 14.5. The number of hydrogen-bond donors (Lipinski definition) is 1. The van der Waals surface area contributed by atoms with Crippen molar-refractivity contribution in [3.8, 4) is 0 Å². The molecule has 1 aliphatic heterocycles. The fourth-order valence-corrected chi connectivity index (χ4v) is 3.96. The van der Waals surface area contributed by atoms with Gasteiger partial charge in [-0.25, -0.2) is 0 Å². The maximum atomic E-state index is 12.4. The first-order chi connectivity index (χ1) is 11.6. The van der Waals surface area contributed by atoms with E-state index in [0.717, 1.165) is 55.7 Å². The Balaban J connectivity index is 1.44. The van der Waals surface area contributed by atoms with E-state index in [1.54, 1.807) is 11.3 Å². The predicted octanol–water partition coefficient (Wildman–Crippen LogP) is 4.01. The summed E-state index contributed by atoms with van der Waals surface area (Å²) < 4.78 is 0. The average molecular weight is 343 g/mol. The molecule has 0 spiro atoms. The summed E-state index contributed by atoms with van der Waals surface area (Å²) in [5.74, 6) is 0.662. The van der Waals surface area contributed by atoms with E-state index in [4.69, 9.17) is 0 Å². The Labute approximate surface area is 148 Å². The van der Waals surface area contributed by atoms with Crippen molar-refractivity contribution in [2.75, 3.05) is 19.6 Å². The van der Waals surface area contributed by atoms with E-state index < -0.39 is 0 Å². The van der Waals surface area contributed by atoms with Gasteiger partial charge in [0.25, 0.3) is 5.91 Å². The zero-order valence-corrected chi connectivity index (χ0v) is 15.4. The van der Waals surface area contributed by atoms with Gasteiger partial charge in [-0.05, 0) is 79.7 Å². The van der Waals surface area contributed by atoms with Gasteiger partial charge in [0.15, 0.2) is 0 Å². The van der Waals surface area contributed by atoms with Gasteiger partial charge in [0.2, 0.25) is 0 Å². The summed E-state index contributed by atoms with van der Waals surface area (Å²) in [4.78, 5) is 14.9. The summed E-state index contributed by atoms with van der Waals surface area (Å²) in [5, 5.41) is 7.52. The molecule has 1 fully saturated rings. The number of nitrogens with one attached hydrogen (secondary N) is 1. The van der Waals surface area contributed by atoms with Crippen LogP contribution in [0.1, 0.15) is 39.9 Å². The topological polar surface area (TPSA) is 32.3 Å². The zero-order chi connectivity index (χ0) is 16.9. The Morgan fingerprint density at radius 3 is 2.75 bits per heavy atom. The number of rotatable bonds is 5. The molecule has 0 unspecified atom stereocenters. The Morgan fingerprint density at radius 1 is 1.25 bits per heavy atom. The molecule has 0 bridgehead atoms. The van der Waals surface area contributed by atoms with Crippen molar-refractivity contribution in [2.45, 2.75) is 33.2 Å². The van der Waals surface area contributed by atoms with Gasteiger partial charge in [0.05, 0.1) is 0 Å². The summed E-state index contributed by atoms with van der Waals surface area (Å²) in [7, 11) is 0. The lowest BCUT2D eigenvalue weighted by Crippen LogP contribution is -2.38. The monoisotopic (exact) mass is 342 g/mol. The largest absolute Gasteiger partial charge is 0.352 e. The molecule has 1 aromatic carbocycles. The smallest absolute Gasteiger partial charge is 0.251 e. The van der Waals surface area contributed by atoms with Crippen LogP contribution < -0.4 is 5.32 Å². The number of nitrogens with zero attached hydrogens (tertiary/aromatic N) is 1. The number of benzene rings is 1. The van der Waals surface area contributed by atoms with E-state index >= 15 is 0 Å². The van der Waals surface area contributed by atoms with Crippen molar-refractivity contribution < 1.29 is 4.79 Å². The second kappa shape index (κ2) is 7.95. The Bertz CT molecular complexity index is 673. The minimum absolute atomic E-state index is 0.0666. The van der Waals surface area contributed by atoms with E-state index in [1.165, 1.54) is 5.56 Å². The highest BCUT2D eigenvalue weighted by Crippen LogP contribution is 2.19. The van der Waals surface area contributed by atoms with Crippen molar-refractivity contribution in [3.63, 3.8) is 0 Å². The van der Waals surface area contributed by atoms with Crippen molar-refractivity contribution in [3.05, 3.63) is 57.3 Å². The number of amides is 1. The van der Waals surface area contributed by atoms with Crippen LogP contribution >= 0.6 is 11.3 Å². The summed E-state index contributed by atoms with van der Waals surface area (Å²) in [6.45, 7) is 8.12. The van der Waals surface area contributed by atoms with Crippen LogP contribution in [0.4, 0.5) is 0 Å². The van der Waals surface area contributed by atoms with E-state index in [0.29, 0.717) is 5.92 Å². The fourth-order valence-electron chi connectivity index (χ4n) is 3.30. The Morgan fingerprint density at radius 2 is 2.04 bits per heavy atom. The van der Waals surface area contributed by atoms with Crippen LogP contribution in [0.25, 0.3) is 0 Å². The lowest BCUT2D eigenvalue weighted by molar-refractivity contribution is 0.0934. The lowest BCUT2D eigenvalue weighted by atomic mass is 9.96. The van der Waals surface area contributed by atoms with Crippen molar-refractivity contribution >= 4 is 17.2 Å². The standard InChI is InChI=1S/C20H26N2OS/c1-15-3-4-16(2)19(11-15)20(23)21-12-17-5-8-22(9-6-17)13-18-7-10-24-14-18/h3-4,7,10-11,14,17H,5-6,8-9,12-13H2,1-2H3,(H,21,23). The molecule has 3 nitrogen and oxygen atoms in total. The molecule has 1 amide bonds. The molecule has 4 heteroatoms. The van der Waals surface area contributed by atoms with E-state index in [2.05, 4.69) is 33.1 Å². The van der Waals surface area contributed by atoms with Gasteiger partial charge in [-0.15, -0.1) is 0 Å². The molecule has 1 N–H and O–H groups in total. The molecule has 24 heavy (non-hydrogen) atoms. The number of aryl methyl sites for hydroxylation is 2. The molecule has 1 aromatic heterocycles. The van der Waals surface area contributed by atoms with Gasteiger partial charge >= 0.3 is 0 Å². The average Bonchev–Trinajstić information content (AvgIpc) is 3.09. The van der Waals surface area contributed by atoms with Crippen LogP contribution in [0.3, 0.4) is 0 Å². The number of carbonyl (C=O) groups excluding carboxylic acids is 1. The molecule has 1 aliphatic rings. The Hall–Kier alpha value is -1.65. The molecular formula is C20H26N2OS. The summed E-state index contributed by atoms with van der Waals surface area (Å²) in [5.41, 5.74) is 4.41. The number of thiophene rings is 1. The van der Waals surface area contributed by atoms with Gasteiger partial charge in [0, 0.05) is 18.7 Å². The first kappa shape index (κ1) is 17.2. The number of likely N-dealkylation sites (tertiary alicyclic amines) is 1. The molecule has 0 radical (unpaired) electrons. The summed E-state index contributed by atoms with van der Waals surface area (Å²) in [6.07, 6.45) is 2.33. The highest BCUT2D eigenvalue weighted by molar-refractivity contribution is 7.07. The molecule has 2 aromatic rings. The van der Waals surface area contributed by atoms with Gasteiger partial charge in [-0.3, -0.25) is 9.69 Å². The molecule has 3 rings (SSSR count). The van der Waals surface area contributed by atoms with Gasteiger partial charge in [0.1, 0.15) is 0 Å². The van der Waals surface area contributed by atoms with Gasteiger partial charge in [-0.1, -0.05) is 17.7 Å². The SMILES string of the molecule is Cc1ccc(C)c(C(=O)NCC2CCN(Cc3ccsc3)CC2)c1. The summed E-state index contributed by atoms with van der Waals surface area (Å²) in [6, 6.07) is 8.26. The van der Waals surface area contributed by atoms with Gasteiger partial charge in [-0.2, -0.15) is 11.3 Å². The van der Waals surface area contributed by atoms with E-state index in [1.807, 2.05) is 26.0 Å². The quantitative estimate of drug-likeness (QED) is 0.890. The lowest BCUT2D eigenvalue weighted by Gasteiger charge is -2.31. The van der Waals surface area contributed by atoms with Crippen LogP contribution in [0.5, 0.6) is 0 Å². The molecule has 128 valence electrons. The van der Waals surface area contributed by atoms with Crippen molar-refractivity contribution in [1.82, 2.24) is 10.2 Å². The fraction of sp³-hybridized carbons (Fsp3) is 0.450. The van der Waals surface area contributed by atoms with E-state index in [9.17, 15) is 4.79 Å². The highest BCUT2D eigenvalue weighted by atomic mass is 32.1. The maximum Gasteiger partial charge on any atom is 0.251 e. The third kappa shape index (κ3) is 4.46. The second-order valence-electron chi connectivity index (χ2n) is 6.88. The molecule has 2 heterocycles. The minimum Gasteiger partial charge on any atom is -0.352 e. The van der Waals surface area contributed by atoms with Crippen molar-refractivity contribution in [2.24, 2.45) is 5.92 Å². The normalized spacial score (nSPS) is 16.2. The minimum atomic E-state index is 0.0666. The molecule has 1 saturated heterocycles. The van der Waals surface area contributed by atoms with Crippen LogP contribution in [-0.4, -0.2) is 30.4 Å². The predicted molar refractivity (Wildman–Crippen MR) is 101 cm³/mol. The van der Waals surface area contributed by atoms with Crippen LogP contribution in [0, 0.1) is 19.8 Å². The number of piperidine rings is 1. The third-order valence-electron chi connectivity index (χ3n) is 4.88. The second-order valence-corrected chi connectivity index (χ2v) is 7.66. The first-order valence-electron chi connectivity index (χ1n) is 8.70. The number of carbonyl (C=O) groups is 1. The first-order valence-corrected chi connectivity index (χ1v) is 9.65. The third-order valence-corrected chi connectivity index (χ3v) is 5.61. The maximum absolute atomic E-state index is 12.4. The van der Waals surface area contributed by atoms with Gasteiger partial charge < -0.3 is 5.32 Å².